The first-order valence-corrected chi connectivity index (χ1v) is 20.9. The van der Waals surface area contributed by atoms with Crippen LogP contribution in [0.2, 0.25) is 0 Å². The number of carbonyl (C=O) groups is 10. The van der Waals surface area contributed by atoms with Gasteiger partial charge < -0.3 is 40.9 Å². The average molecular weight is 1020 g/mol. The molecule has 4 atom stereocenters. The Morgan fingerprint density at radius 1 is 0.667 bits per heavy atom. The van der Waals surface area contributed by atoms with Gasteiger partial charge in [-0.1, -0.05) is 155 Å². The number of aliphatic carboxylic acids is 1. The zero-order chi connectivity index (χ0) is 53.6. The molecule has 69 heavy (non-hydrogen) atoms. The Labute approximate surface area is 433 Å². The van der Waals surface area contributed by atoms with Crippen LogP contribution in [-0.4, -0.2) is 102 Å². The van der Waals surface area contributed by atoms with Crippen molar-refractivity contribution >= 4 is 68.9 Å². The standard InChI is InChI=1S/C12H22O.2C5H10O.C3H6O2.C2H5NO2.2C2H5NO.2C2H4O2.C2H4O.4C2H6.6CH4.B.H2/c1-5-8(2)11-6-7-12(9(11)3)10(4)13;2*1-4(2)5(3)6;1-3(4)5-2;1-5-2(3)4;1-3-2-4;1-2(3)4;1-4-2-3;1-2(3)4;1-2-3;4*1-2;;;;;;;;/h8-9,11-12H,5-7H2,1-4H3;2*4H,1-3H3;1-2H3;1H3,(H2,3,4);2H,1H3,(H,3,4);1H3,(H2,3,4);2H,1H3;1H3,(H,3,4);2H,1H3;4*1-2H3;6*1H4;;1H/t8?,9-,11?,12-;;;;;;;;;;;;;;;;;;;;;/m1...................../s1/i;;;;;;;;;;;;;;;;;;;;;1+1. The molecule has 1 fully saturated rings. The maximum Gasteiger partial charge on any atom is 0.404 e. The highest BCUT2D eigenvalue weighted by molar-refractivity contribution is 5.79. The largest absolute Gasteiger partial charge is 0.481 e. The monoisotopic (exact) mass is 1020 g/mol. The van der Waals surface area contributed by atoms with Crippen LogP contribution >= 0.6 is 0 Å². The van der Waals surface area contributed by atoms with Crippen LogP contribution < -0.4 is 16.8 Å². The van der Waals surface area contributed by atoms with E-state index in [9.17, 15) is 28.8 Å². The predicted molar refractivity (Wildman–Crippen MR) is 303 cm³/mol. The van der Waals surface area contributed by atoms with Crippen LogP contribution in [0.3, 0.4) is 0 Å². The van der Waals surface area contributed by atoms with Gasteiger partial charge in [0.2, 0.25) is 12.3 Å². The van der Waals surface area contributed by atoms with E-state index in [2.05, 4.69) is 51.8 Å². The van der Waals surface area contributed by atoms with E-state index >= 15 is 0 Å². The van der Waals surface area contributed by atoms with Crippen molar-refractivity contribution in [3.63, 3.8) is 0 Å². The molecule has 0 aromatic rings. The van der Waals surface area contributed by atoms with Gasteiger partial charge in [-0.3, -0.25) is 38.4 Å². The Kier molecular flexibility index (Phi) is 238. The van der Waals surface area contributed by atoms with Crippen LogP contribution in [0.4, 0.5) is 4.79 Å². The fourth-order valence-corrected chi connectivity index (χ4v) is 2.88. The highest BCUT2D eigenvalue weighted by atomic mass is 16.5. The minimum absolute atomic E-state index is 0. The molecule has 6 N–H and O–H groups in total. The van der Waals surface area contributed by atoms with Crippen molar-refractivity contribution in [1.29, 1.82) is 0 Å². The number of nitrogens with one attached hydrogen (secondary N) is 1. The number of nitrogens with two attached hydrogens (primary N) is 2. The molecule has 0 aromatic heterocycles. The molecule has 2 unspecified atom stereocenters. The van der Waals surface area contributed by atoms with Crippen LogP contribution in [0.1, 0.15) is 218 Å². The summed E-state index contributed by atoms with van der Waals surface area (Å²) >= 11 is 0. The molecular formula is C51H125BN3O14. The second-order valence-electron chi connectivity index (χ2n) is 11.6. The van der Waals surface area contributed by atoms with Crippen LogP contribution in [-0.2, 0) is 57.4 Å². The highest BCUT2D eigenvalue weighted by Crippen LogP contribution is 2.42. The number of carboxylic acid groups (broad SMARTS) is 1. The van der Waals surface area contributed by atoms with E-state index in [1.54, 1.807) is 27.8 Å². The van der Waals surface area contributed by atoms with Gasteiger partial charge in [0.05, 0.1) is 21.3 Å². The Balaban J connectivity index is -0.0000000201. The summed E-state index contributed by atoms with van der Waals surface area (Å²) in [7, 11) is 5.45. The molecule has 0 saturated heterocycles. The van der Waals surface area contributed by atoms with Gasteiger partial charge in [0.25, 0.3) is 12.4 Å². The average Bonchev–Trinajstić information content (AvgIpc) is 3.62. The number of amides is 3. The number of aldehydes is 1. The summed E-state index contributed by atoms with van der Waals surface area (Å²) in [4.78, 5) is 95.6. The van der Waals surface area contributed by atoms with Gasteiger partial charge in [-0.05, 0) is 58.3 Å². The number of hydrogen-bond acceptors (Lipinski definition) is 13. The van der Waals surface area contributed by atoms with Crippen molar-refractivity contribution in [3.8, 4) is 0 Å². The second-order valence-corrected chi connectivity index (χ2v) is 11.6. The van der Waals surface area contributed by atoms with Gasteiger partial charge in [-0.2, -0.15) is 0 Å². The third-order valence-corrected chi connectivity index (χ3v) is 6.35. The van der Waals surface area contributed by atoms with Gasteiger partial charge in [0.15, 0.2) is 0 Å². The van der Waals surface area contributed by atoms with Crippen molar-refractivity contribution in [2.75, 3.05) is 28.4 Å². The van der Waals surface area contributed by atoms with E-state index in [1.165, 1.54) is 54.9 Å². The van der Waals surface area contributed by atoms with Crippen molar-refractivity contribution < 1.29 is 68.7 Å². The van der Waals surface area contributed by atoms with Gasteiger partial charge >= 0.3 is 12.1 Å². The van der Waals surface area contributed by atoms with Crippen molar-refractivity contribution in [2.24, 2.45) is 47.0 Å². The number of rotatable bonds is 7. The number of esters is 1. The van der Waals surface area contributed by atoms with E-state index in [0.717, 1.165) is 31.5 Å². The number of carboxylic acids is 1. The van der Waals surface area contributed by atoms with Crippen molar-refractivity contribution in [2.45, 2.75) is 216 Å². The first-order valence-electron chi connectivity index (χ1n) is 20.9. The molecule has 0 bridgehead atoms. The molecule has 1 aliphatic rings. The summed E-state index contributed by atoms with van der Waals surface area (Å²) in [5.41, 5.74) is 8.90. The number of carbonyl (C=O) groups excluding carboxylic acids is 9. The molecule has 0 aromatic carbocycles. The number of ether oxygens (including phenoxy) is 3. The van der Waals surface area contributed by atoms with E-state index in [-0.39, 0.29) is 89.7 Å². The minimum Gasteiger partial charge on any atom is -0.481 e. The molecule has 1 rings (SSSR count). The van der Waals surface area contributed by atoms with Gasteiger partial charge in [0.1, 0.15) is 23.6 Å². The lowest BCUT2D eigenvalue weighted by Crippen LogP contribution is -2.21. The lowest BCUT2D eigenvalue weighted by molar-refractivity contribution is -0.138. The first-order chi connectivity index (χ1) is 28.6. The topological polar surface area (TPSA) is 283 Å². The normalized spacial score (nSPS) is 11.3. The van der Waals surface area contributed by atoms with E-state index in [4.69, 9.17) is 24.3 Å². The number of ketones is 3. The molecule has 3 amide bonds. The summed E-state index contributed by atoms with van der Waals surface area (Å²) in [6.45, 7) is 40.9. The quantitative estimate of drug-likeness (QED) is 0.0799. The fraction of sp³-hybridized carbons (Fsp3) is 0.804. The summed E-state index contributed by atoms with van der Waals surface area (Å²) in [5.74, 6) is 2.49. The maximum atomic E-state index is 11.3. The van der Waals surface area contributed by atoms with Gasteiger partial charge in [0, 0.05) is 55.4 Å². The SMILES string of the molecule is C.C.C.C.C.C.CC.CC.CC.CC.CC(=O)C(C)C.CC(=O)C(C)C.CC(=O)O.CC(N)=O.CC=O.CCC(C)C1CC[C@@H](C(C)=O)[C@@H]1C.CNC=O.COC(C)=O.COC(N)=O.COC=O.[2HH].[B]. The number of primary amides is 2. The summed E-state index contributed by atoms with van der Waals surface area (Å²) in [6.07, 6.45) is 4.27. The predicted octanol–water partition coefficient (Wildman–Crippen LogP) is 12.4. The molecule has 431 valence electrons. The third-order valence-electron chi connectivity index (χ3n) is 6.35. The van der Waals surface area contributed by atoms with Crippen LogP contribution in [0, 0.1) is 35.5 Å². The Hall–Kier alpha value is -4.64. The smallest absolute Gasteiger partial charge is 0.404 e. The molecule has 1 saturated carbocycles. The van der Waals surface area contributed by atoms with Crippen molar-refractivity contribution in [1.82, 2.24) is 5.32 Å². The molecule has 0 heterocycles. The highest BCUT2D eigenvalue weighted by Gasteiger charge is 2.37. The Bertz CT molecular complexity index is 933. The third kappa shape index (κ3) is 228. The lowest BCUT2D eigenvalue weighted by atomic mass is 9.81. The molecule has 0 spiro atoms. The van der Waals surface area contributed by atoms with Gasteiger partial charge in [-0.25, -0.2) is 4.79 Å². The van der Waals surface area contributed by atoms with E-state index in [0.29, 0.717) is 30.5 Å². The van der Waals surface area contributed by atoms with Crippen LogP contribution in [0.15, 0.2) is 0 Å². The summed E-state index contributed by atoms with van der Waals surface area (Å²) in [6, 6.07) is 0. The second kappa shape index (κ2) is 125. The fourth-order valence-electron chi connectivity index (χ4n) is 2.88. The summed E-state index contributed by atoms with van der Waals surface area (Å²) < 4.78 is 11.9. The van der Waals surface area contributed by atoms with Gasteiger partial charge in [-0.15, -0.1) is 0 Å². The first kappa shape index (κ1) is 131. The number of hydrogen-bond donors (Lipinski definition) is 4. The van der Waals surface area contributed by atoms with E-state index < -0.39 is 12.1 Å². The summed E-state index contributed by atoms with van der Waals surface area (Å²) in [5, 5.41) is 9.67. The molecule has 18 heteroatoms. The lowest BCUT2D eigenvalue weighted by Gasteiger charge is -2.24. The molecule has 17 nitrogen and oxygen atoms in total. The zero-order valence-electron chi connectivity index (χ0n) is 44.8. The van der Waals surface area contributed by atoms with E-state index in [1.807, 2.05) is 83.1 Å². The zero-order valence-corrected chi connectivity index (χ0v) is 44.8. The van der Waals surface area contributed by atoms with Crippen molar-refractivity contribution in [3.05, 3.63) is 0 Å². The van der Waals surface area contributed by atoms with Crippen LogP contribution in [0.5, 0.6) is 0 Å². The Morgan fingerprint density at radius 2 is 0.855 bits per heavy atom. The molecule has 1 aliphatic carbocycles. The van der Waals surface area contributed by atoms with Crippen LogP contribution in [0.25, 0.3) is 0 Å². The Morgan fingerprint density at radius 3 is 0.928 bits per heavy atom. The molecular weight excluding hydrogens is 889 g/mol. The number of Topliss-reactive ketones (excluding diaryl/α,β-unsaturated/α-hetero) is 3. The number of methoxy groups -OCH3 is 3. The molecule has 0 aliphatic heterocycles. The molecule has 3 radical (unpaired) electrons. The minimum atomic E-state index is -0.833. The maximum absolute atomic E-state index is 11.3.